The number of carboxylic acid groups (broad SMARTS) is 3. The molecule has 0 spiro atoms. The van der Waals surface area contributed by atoms with Crippen molar-refractivity contribution < 1.29 is 48.9 Å². The van der Waals surface area contributed by atoms with Crippen LogP contribution in [0.2, 0.25) is 0 Å². The summed E-state index contributed by atoms with van der Waals surface area (Å²) in [5, 5.41) is 31.5. The number of carbonyl (C=O) groups is 7. The lowest BCUT2D eigenvalue weighted by molar-refractivity contribution is -0.144. The number of aliphatic carboxylic acids is 3. The summed E-state index contributed by atoms with van der Waals surface area (Å²) in [6.45, 7) is 0.178. The topological polar surface area (TPSA) is 260 Å². The highest BCUT2D eigenvalue weighted by atomic mass is 16.4. The van der Waals surface area contributed by atoms with Crippen LogP contribution in [-0.4, -0.2) is 92.5 Å². The van der Waals surface area contributed by atoms with Crippen LogP contribution in [0.5, 0.6) is 0 Å². The molecule has 0 saturated carbocycles. The van der Waals surface area contributed by atoms with Gasteiger partial charge in [0.15, 0.2) is 0 Å². The third-order valence-corrected chi connectivity index (χ3v) is 5.40. The summed E-state index contributed by atoms with van der Waals surface area (Å²) in [6.07, 6.45) is -1.33. The summed E-state index contributed by atoms with van der Waals surface area (Å²) in [7, 11) is 0. The zero-order valence-electron chi connectivity index (χ0n) is 19.0. The van der Waals surface area contributed by atoms with E-state index in [9.17, 15) is 38.7 Å². The lowest BCUT2D eigenvalue weighted by atomic mass is 10.1. The number of carboxylic acids is 3. The number of primary amides is 1. The number of hydrogen-bond acceptors (Lipinski definition) is 8. The van der Waals surface area contributed by atoms with Gasteiger partial charge in [-0.15, -0.1) is 0 Å². The minimum atomic E-state index is -1.50. The molecule has 0 aliphatic carbocycles. The molecule has 0 bridgehead atoms. The highest BCUT2D eigenvalue weighted by molar-refractivity contribution is 5.94. The van der Waals surface area contributed by atoms with Crippen LogP contribution in [0.3, 0.4) is 0 Å². The molecular formula is C20H31N5O10. The Morgan fingerprint density at radius 2 is 1.43 bits per heavy atom. The van der Waals surface area contributed by atoms with Gasteiger partial charge < -0.3 is 42.3 Å². The van der Waals surface area contributed by atoms with Crippen molar-refractivity contribution in [2.24, 2.45) is 11.5 Å². The van der Waals surface area contributed by atoms with E-state index in [0.717, 1.165) is 0 Å². The molecule has 1 aliphatic heterocycles. The Hall–Kier alpha value is -3.75. The Kier molecular flexibility index (Phi) is 11.6. The number of likely N-dealkylation sites (tertiary alicyclic amines) is 1. The fourth-order valence-corrected chi connectivity index (χ4v) is 3.54. The Balaban J connectivity index is 2.92. The van der Waals surface area contributed by atoms with E-state index < -0.39 is 72.1 Å². The molecule has 15 nitrogen and oxygen atoms in total. The smallest absolute Gasteiger partial charge is 0.326 e. The van der Waals surface area contributed by atoms with E-state index in [2.05, 4.69) is 10.6 Å². The molecule has 1 aliphatic rings. The minimum Gasteiger partial charge on any atom is -0.481 e. The molecule has 0 aromatic rings. The van der Waals surface area contributed by atoms with Crippen LogP contribution in [0.1, 0.15) is 51.4 Å². The van der Waals surface area contributed by atoms with Crippen LogP contribution in [0.25, 0.3) is 0 Å². The Morgan fingerprint density at radius 1 is 0.857 bits per heavy atom. The van der Waals surface area contributed by atoms with Gasteiger partial charge in [0.05, 0.1) is 6.04 Å². The van der Waals surface area contributed by atoms with Crippen molar-refractivity contribution in [1.29, 1.82) is 0 Å². The third-order valence-electron chi connectivity index (χ3n) is 5.40. The first-order valence-corrected chi connectivity index (χ1v) is 10.9. The van der Waals surface area contributed by atoms with Gasteiger partial charge in [-0.25, -0.2) is 4.79 Å². The molecule has 35 heavy (non-hydrogen) atoms. The molecule has 1 fully saturated rings. The van der Waals surface area contributed by atoms with Crippen LogP contribution < -0.4 is 22.1 Å². The number of nitrogens with two attached hydrogens (primary N) is 2. The first-order valence-electron chi connectivity index (χ1n) is 10.9. The van der Waals surface area contributed by atoms with E-state index in [-0.39, 0.29) is 45.1 Å². The van der Waals surface area contributed by atoms with Crippen LogP contribution >= 0.6 is 0 Å². The first kappa shape index (κ1) is 29.3. The molecule has 0 aromatic heterocycles. The van der Waals surface area contributed by atoms with Crippen molar-refractivity contribution in [3.05, 3.63) is 0 Å². The van der Waals surface area contributed by atoms with Gasteiger partial charge in [-0.3, -0.25) is 28.8 Å². The lowest BCUT2D eigenvalue weighted by Gasteiger charge is -2.28. The van der Waals surface area contributed by atoms with E-state index in [1.165, 1.54) is 4.90 Å². The average molecular weight is 501 g/mol. The molecule has 0 aromatic carbocycles. The fourth-order valence-electron chi connectivity index (χ4n) is 3.54. The van der Waals surface area contributed by atoms with Crippen LogP contribution in [0, 0.1) is 0 Å². The Bertz CT molecular complexity index is 848. The summed E-state index contributed by atoms with van der Waals surface area (Å²) < 4.78 is 0. The van der Waals surface area contributed by atoms with Crippen molar-refractivity contribution in [3.63, 3.8) is 0 Å². The predicted octanol–water partition coefficient (Wildman–Crippen LogP) is -2.65. The Morgan fingerprint density at radius 3 is 1.97 bits per heavy atom. The molecule has 1 rings (SSSR count). The Labute approximate surface area is 200 Å². The number of amides is 4. The molecule has 9 N–H and O–H groups in total. The van der Waals surface area contributed by atoms with E-state index in [1.54, 1.807) is 0 Å². The summed E-state index contributed by atoms with van der Waals surface area (Å²) in [5.41, 5.74) is 10.8. The van der Waals surface area contributed by atoms with Crippen molar-refractivity contribution in [3.8, 4) is 0 Å². The summed E-state index contributed by atoms with van der Waals surface area (Å²) >= 11 is 0. The zero-order valence-corrected chi connectivity index (χ0v) is 19.0. The number of nitrogens with zero attached hydrogens (tertiary/aromatic N) is 1. The van der Waals surface area contributed by atoms with Gasteiger partial charge in [0.25, 0.3) is 0 Å². The fraction of sp³-hybridized carbons (Fsp3) is 0.650. The molecule has 1 heterocycles. The van der Waals surface area contributed by atoms with Gasteiger partial charge in [-0.2, -0.15) is 0 Å². The molecule has 4 amide bonds. The highest BCUT2D eigenvalue weighted by Crippen LogP contribution is 2.19. The van der Waals surface area contributed by atoms with E-state index in [4.69, 9.17) is 21.7 Å². The number of rotatable bonds is 15. The van der Waals surface area contributed by atoms with Gasteiger partial charge >= 0.3 is 17.9 Å². The number of carbonyl (C=O) groups excluding carboxylic acids is 4. The van der Waals surface area contributed by atoms with Gasteiger partial charge in [0, 0.05) is 25.8 Å². The summed E-state index contributed by atoms with van der Waals surface area (Å²) in [6, 6.07) is -5.11. The molecule has 15 heteroatoms. The molecule has 0 radical (unpaired) electrons. The summed E-state index contributed by atoms with van der Waals surface area (Å²) in [5.74, 6) is -7.01. The van der Waals surface area contributed by atoms with Crippen molar-refractivity contribution in [2.45, 2.75) is 75.5 Å². The number of nitrogens with one attached hydrogen (secondary N) is 2. The van der Waals surface area contributed by atoms with Gasteiger partial charge in [-0.05, 0) is 32.1 Å². The zero-order chi connectivity index (χ0) is 26.7. The monoisotopic (exact) mass is 501 g/mol. The second-order valence-electron chi connectivity index (χ2n) is 8.13. The third kappa shape index (κ3) is 9.95. The van der Waals surface area contributed by atoms with Gasteiger partial charge in [0.2, 0.25) is 23.6 Å². The SMILES string of the molecule is NC(=O)CCC(NC(=O)C(CCC(=O)O)NC(=O)C1CCCN1C(=O)C(N)CCC(=O)O)C(=O)O. The molecular weight excluding hydrogens is 470 g/mol. The first-order chi connectivity index (χ1) is 16.3. The van der Waals surface area contributed by atoms with Crippen molar-refractivity contribution in [2.75, 3.05) is 6.54 Å². The summed E-state index contributed by atoms with van der Waals surface area (Å²) in [4.78, 5) is 83.5. The number of hydrogen-bond donors (Lipinski definition) is 7. The van der Waals surface area contributed by atoms with E-state index in [0.29, 0.717) is 6.42 Å². The minimum absolute atomic E-state index is 0.134. The van der Waals surface area contributed by atoms with Crippen molar-refractivity contribution in [1.82, 2.24) is 15.5 Å². The second kappa shape index (κ2) is 13.8. The normalized spacial score (nSPS) is 17.6. The van der Waals surface area contributed by atoms with Crippen molar-refractivity contribution >= 4 is 41.5 Å². The molecule has 4 unspecified atom stereocenters. The predicted molar refractivity (Wildman–Crippen MR) is 116 cm³/mol. The largest absolute Gasteiger partial charge is 0.481 e. The molecule has 196 valence electrons. The van der Waals surface area contributed by atoms with Gasteiger partial charge in [0.1, 0.15) is 18.1 Å². The maximum atomic E-state index is 12.9. The molecule has 4 atom stereocenters. The lowest BCUT2D eigenvalue weighted by Crippen LogP contribution is -2.56. The van der Waals surface area contributed by atoms with Crippen LogP contribution in [-0.2, 0) is 33.6 Å². The van der Waals surface area contributed by atoms with Crippen LogP contribution in [0.4, 0.5) is 0 Å². The highest BCUT2D eigenvalue weighted by Gasteiger charge is 2.38. The van der Waals surface area contributed by atoms with Crippen LogP contribution in [0.15, 0.2) is 0 Å². The second-order valence-corrected chi connectivity index (χ2v) is 8.13. The van der Waals surface area contributed by atoms with Gasteiger partial charge in [-0.1, -0.05) is 0 Å². The maximum Gasteiger partial charge on any atom is 0.326 e. The van der Waals surface area contributed by atoms with E-state index >= 15 is 0 Å². The average Bonchev–Trinajstić information content (AvgIpc) is 3.26. The maximum absolute atomic E-state index is 12.9. The standard InChI is InChI=1S/C20H31N5O10/c21-10(3-7-15(27)28)19(33)25-9-1-2-13(25)18(32)23-11(5-8-16(29)30)17(31)24-12(20(34)35)4-6-14(22)26/h10-13H,1-9,21H2,(H2,22,26)(H,23,32)(H,24,31)(H,27,28)(H,29,30)(H,34,35). The van der Waals surface area contributed by atoms with E-state index in [1.807, 2.05) is 0 Å². The quantitative estimate of drug-likeness (QED) is 0.122. The molecule has 1 saturated heterocycles.